The molecule has 13 heavy (non-hydrogen) atoms. The van der Waals surface area contributed by atoms with Crippen LogP contribution in [-0.2, 0) is 15.5 Å². The van der Waals surface area contributed by atoms with Crippen molar-refractivity contribution < 1.29 is 22.1 Å². The van der Waals surface area contributed by atoms with E-state index in [0.29, 0.717) is 0 Å². The van der Waals surface area contributed by atoms with Crippen LogP contribution in [0.1, 0.15) is 10.4 Å². The summed E-state index contributed by atoms with van der Waals surface area (Å²) >= 11 is -2.64. The molecule has 1 unspecified atom stereocenters. The average Bonchev–Trinajstić information content (AvgIpc) is 2.04. The van der Waals surface area contributed by atoms with E-state index in [9.17, 15) is 13.4 Å². The Balaban J connectivity index is 2.78. The lowest BCUT2D eigenvalue weighted by molar-refractivity contribution is 0.0743. The summed E-state index contributed by atoms with van der Waals surface area (Å²) in [5.41, 5.74) is 0.0174. The second-order valence-electron chi connectivity index (χ2n) is 2.09. The normalized spacial score (nSPS) is 12.2. The third kappa shape index (κ3) is 2.92. The van der Waals surface area contributed by atoms with Gasteiger partial charge in [-0.3, -0.25) is 4.55 Å². The van der Waals surface area contributed by atoms with Crippen LogP contribution in [0.4, 0.5) is 4.39 Å². The van der Waals surface area contributed by atoms with Gasteiger partial charge in [-0.15, -0.1) is 0 Å². The highest BCUT2D eigenvalue weighted by molar-refractivity contribution is 7.74. The van der Waals surface area contributed by atoms with Crippen LogP contribution in [-0.4, -0.2) is 14.7 Å². The Hall–Kier alpha value is -1.27. The minimum atomic E-state index is -2.64. The van der Waals surface area contributed by atoms with Crippen LogP contribution in [0.25, 0.3) is 0 Å². The zero-order valence-electron chi connectivity index (χ0n) is 6.27. The Morgan fingerprint density at radius 2 is 1.92 bits per heavy atom. The van der Waals surface area contributed by atoms with Gasteiger partial charge in [0.25, 0.3) is 0 Å². The van der Waals surface area contributed by atoms with Crippen molar-refractivity contribution in [2.45, 2.75) is 0 Å². The quantitative estimate of drug-likeness (QED) is 0.733. The summed E-state index contributed by atoms with van der Waals surface area (Å²) in [6.07, 6.45) is 0. The molecular formula is C7H5FO4S. The summed E-state index contributed by atoms with van der Waals surface area (Å²) in [7, 11) is 0. The van der Waals surface area contributed by atoms with Crippen molar-refractivity contribution >= 4 is 17.3 Å². The molecule has 4 nitrogen and oxygen atoms in total. The molecule has 1 aromatic rings. The minimum Gasteiger partial charge on any atom is -0.339 e. The van der Waals surface area contributed by atoms with Crippen LogP contribution in [0.2, 0.25) is 0 Å². The fourth-order valence-corrected chi connectivity index (χ4v) is 0.925. The van der Waals surface area contributed by atoms with E-state index >= 15 is 0 Å². The molecule has 0 radical (unpaired) electrons. The van der Waals surface area contributed by atoms with E-state index < -0.39 is 23.1 Å². The minimum absolute atomic E-state index is 0.0174. The molecule has 1 atom stereocenters. The van der Waals surface area contributed by atoms with Crippen LogP contribution in [0.3, 0.4) is 0 Å². The fourth-order valence-electron chi connectivity index (χ4n) is 0.699. The molecule has 1 aromatic carbocycles. The van der Waals surface area contributed by atoms with Crippen molar-refractivity contribution in [2.75, 3.05) is 0 Å². The Morgan fingerprint density at radius 1 is 1.38 bits per heavy atom. The van der Waals surface area contributed by atoms with Gasteiger partial charge in [-0.2, -0.15) is 4.21 Å². The second kappa shape index (κ2) is 4.11. The maximum Gasteiger partial charge on any atom is 0.360 e. The SMILES string of the molecule is O=C(OS(=O)O)c1ccc(F)cc1. The van der Waals surface area contributed by atoms with Crippen LogP contribution >= 0.6 is 0 Å². The zero-order valence-corrected chi connectivity index (χ0v) is 7.08. The van der Waals surface area contributed by atoms with Gasteiger partial charge in [0, 0.05) is 0 Å². The second-order valence-corrected chi connectivity index (χ2v) is 2.70. The van der Waals surface area contributed by atoms with E-state index in [2.05, 4.69) is 4.18 Å². The van der Waals surface area contributed by atoms with E-state index in [1.54, 1.807) is 0 Å². The maximum atomic E-state index is 12.4. The molecule has 1 N–H and O–H groups in total. The summed E-state index contributed by atoms with van der Waals surface area (Å²) in [5, 5.41) is 0. The van der Waals surface area contributed by atoms with Gasteiger partial charge >= 0.3 is 17.3 Å². The van der Waals surface area contributed by atoms with Crippen LogP contribution < -0.4 is 0 Å². The van der Waals surface area contributed by atoms with E-state index in [1.165, 1.54) is 0 Å². The molecule has 0 aromatic heterocycles. The molecule has 0 fully saturated rings. The monoisotopic (exact) mass is 204 g/mol. The highest BCUT2D eigenvalue weighted by Gasteiger charge is 2.09. The number of carbonyl (C=O) groups excluding carboxylic acids is 1. The highest BCUT2D eigenvalue weighted by atomic mass is 32.2. The van der Waals surface area contributed by atoms with Gasteiger partial charge in [0.1, 0.15) is 5.82 Å². The molecule has 0 saturated carbocycles. The van der Waals surface area contributed by atoms with E-state index in [1.807, 2.05) is 0 Å². The van der Waals surface area contributed by atoms with Gasteiger partial charge in [0.2, 0.25) is 0 Å². The molecule has 6 heteroatoms. The first-order valence-corrected chi connectivity index (χ1v) is 4.22. The predicted molar refractivity (Wildman–Crippen MR) is 42.6 cm³/mol. The summed E-state index contributed by atoms with van der Waals surface area (Å²) in [5.74, 6) is -1.47. The first kappa shape index (κ1) is 9.82. The molecule has 0 spiro atoms. The molecule has 0 heterocycles. The number of hydrogen-bond acceptors (Lipinski definition) is 3. The van der Waals surface area contributed by atoms with E-state index in [-0.39, 0.29) is 5.56 Å². The lowest BCUT2D eigenvalue weighted by atomic mass is 10.2. The molecular weight excluding hydrogens is 199 g/mol. The summed E-state index contributed by atoms with van der Waals surface area (Å²) in [4.78, 5) is 10.9. The fraction of sp³-hybridized carbons (Fsp3) is 0. The number of halogens is 1. The first-order chi connectivity index (χ1) is 6.09. The molecule has 0 bridgehead atoms. The molecule has 1 rings (SSSR count). The van der Waals surface area contributed by atoms with Crippen molar-refractivity contribution in [3.63, 3.8) is 0 Å². The highest BCUT2D eigenvalue weighted by Crippen LogP contribution is 2.04. The predicted octanol–water partition coefficient (Wildman–Crippen LogP) is 1.12. The van der Waals surface area contributed by atoms with Crippen LogP contribution in [0.5, 0.6) is 0 Å². The van der Waals surface area contributed by atoms with Crippen molar-refractivity contribution in [1.29, 1.82) is 0 Å². The average molecular weight is 204 g/mol. The van der Waals surface area contributed by atoms with Crippen LogP contribution in [0, 0.1) is 5.82 Å². The lowest BCUT2D eigenvalue weighted by Crippen LogP contribution is -2.06. The third-order valence-electron chi connectivity index (χ3n) is 1.23. The Labute approximate surface area is 75.8 Å². The van der Waals surface area contributed by atoms with E-state index in [4.69, 9.17) is 4.55 Å². The number of carbonyl (C=O) groups is 1. The lowest BCUT2D eigenvalue weighted by Gasteiger charge is -1.97. The van der Waals surface area contributed by atoms with Gasteiger partial charge < -0.3 is 4.18 Å². The first-order valence-electron chi connectivity index (χ1n) is 3.18. The van der Waals surface area contributed by atoms with Crippen molar-refractivity contribution in [3.05, 3.63) is 35.6 Å². The van der Waals surface area contributed by atoms with Gasteiger partial charge in [-0.25, -0.2) is 9.18 Å². The molecule has 0 saturated heterocycles. The van der Waals surface area contributed by atoms with Gasteiger partial charge in [-0.05, 0) is 24.3 Å². The summed E-state index contributed by atoms with van der Waals surface area (Å²) in [6, 6.07) is 4.42. The topological polar surface area (TPSA) is 63.6 Å². The summed E-state index contributed by atoms with van der Waals surface area (Å²) in [6.45, 7) is 0. The van der Waals surface area contributed by atoms with Crippen molar-refractivity contribution in [2.24, 2.45) is 0 Å². The van der Waals surface area contributed by atoms with Crippen LogP contribution in [0.15, 0.2) is 24.3 Å². The smallest absolute Gasteiger partial charge is 0.339 e. The van der Waals surface area contributed by atoms with Crippen molar-refractivity contribution in [3.8, 4) is 0 Å². The molecule has 70 valence electrons. The molecule has 0 aliphatic heterocycles. The number of rotatable bonds is 2. The Bertz CT molecular complexity index is 335. The van der Waals surface area contributed by atoms with Crippen molar-refractivity contribution in [1.82, 2.24) is 0 Å². The largest absolute Gasteiger partial charge is 0.360 e. The number of benzene rings is 1. The van der Waals surface area contributed by atoms with E-state index in [0.717, 1.165) is 24.3 Å². The third-order valence-corrected chi connectivity index (χ3v) is 1.52. The number of hydrogen-bond donors (Lipinski definition) is 1. The summed E-state index contributed by atoms with van der Waals surface area (Å²) < 4.78 is 34.5. The van der Waals surface area contributed by atoms with Gasteiger partial charge in [0.15, 0.2) is 0 Å². The standard InChI is InChI=1S/C7H5FO4S/c8-6-3-1-5(2-4-6)7(9)12-13(10)11/h1-4H,(H,10,11). The van der Waals surface area contributed by atoms with Gasteiger partial charge in [0.05, 0.1) is 5.56 Å². The Morgan fingerprint density at radius 3 is 2.38 bits per heavy atom. The molecule has 0 aliphatic rings. The zero-order chi connectivity index (χ0) is 9.84. The molecule has 0 aliphatic carbocycles. The maximum absolute atomic E-state index is 12.4. The Kier molecular flexibility index (Phi) is 3.10. The molecule has 0 amide bonds. The van der Waals surface area contributed by atoms with Gasteiger partial charge in [-0.1, -0.05) is 0 Å².